The SMILES string of the molecule is CC(C)c1[nH]c(CC[NH3+])c[nH+]1. The molecular formula is C8H17N3+2. The Labute approximate surface area is 67.0 Å². The van der Waals surface area contributed by atoms with Gasteiger partial charge in [-0.05, 0) is 0 Å². The van der Waals surface area contributed by atoms with Gasteiger partial charge < -0.3 is 5.73 Å². The summed E-state index contributed by atoms with van der Waals surface area (Å²) in [7, 11) is 0. The molecule has 5 N–H and O–H groups in total. The molecule has 0 fully saturated rings. The first-order chi connectivity index (χ1) is 5.24. The van der Waals surface area contributed by atoms with Crippen molar-refractivity contribution < 1.29 is 10.7 Å². The third-order valence-corrected chi connectivity index (χ3v) is 1.72. The van der Waals surface area contributed by atoms with E-state index >= 15 is 0 Å². The molecule has 62 valence electrons. The van der Waals surface area contributed by atoms with Gasteiger partial charge in [-0.1, -0.05) is 13.8 Å². The lowest BCUT2D eigenvalue weighted by atomic mass is 10.2. The van der Waals surface area contributed by atoms with Crippen LogP contribution in [-0.2, 0) is 6.42 Å². The first kappa shape index (κ1) is 8.27. The van der Waals surface area contributed by atoms with Gasteiger partial charge in [0.25, 0.3) is 5.82 Å². The van der Waals surface area contributed by atoms with E-state index in [9.17, 15) is 0 Å². The third-order valence-electron chi connectivity index (χ3n) is 1.72. The second-order valence-electron chi connectivity index (χ2n) is 3.11. The fourth-order valence-electron chi connectivity index (χ4n) is 1.05. The number of aromatic amines is 2. The first-order valence-corrected chi connectivity index (χ1v) is 4.12. The largest absolute Gasteiger partial charge is 0.357 e. The predicted molar refractivity (Wildman–Crippen MR) is 42.9 cm³/mol. The number of rotatable bonds is 3. The number of hydrogen-bond donors (Lipinski definition) is 2. The van der Waals surface area contributed by atoms with Crippen LogP contribution in [0, 0.1) is 0 Å². The van der Waals surface area contributed by atoms with Gasteiger partial charge in [-0.3, -0.25) is 0 Å². The number of H-pyrrole nitrogens is 2. The average molecular weight is 155 g/mol. The van der Waals surface area contributed by atoms with Crippen LogP contribution >= 0.6 is 0 Å². The van der Waals surface area contributed by atoms with Gasteiger partial charge in [0.15, 0.2) is 0 Å². The summed E-state index contributed by atoms with van der Waals surface area (Å²) in [6, 6.07) is 0. The smallest absolute Gasteiger partial charge is 0.254 e. The molecule has 0 aliphatic carbocycles. The van der Waals surface area contributed by atoms with Crippen LogP contribution in [0.1, 0.15) is 31.3 Å². The van der Waals surface area contributed by atoms with Crippen molar-refractivity contribution in [3.63, 3.8) is 0 Å². The Morgan fingerprint density at radius 1 is 1.64 bits per heavy atom. The van der Waals surface area contributed by atoms with Gasteiger partial charge in [0.2, 0.25) is 0 Å². The molecule has 0 aliphatic rings. The molecule has 11 heavy (non-hydrogen) atoms. The Bertz CT molecular complexity index is 215. The molecule has 1 heterocycles. The number of imidazole rings is 1. The zero-order valence-electron chi connectivity index (χ0n) is 7.28. The quantitative estimate of drug-likeness (QED) is 0.604. The highest BCUT2D eigenvalue weighted by Crippen LogP contribution is 2.05. The normalized spacial score (nSPS) is 10.9. The van der Waals surface area contributed by atoms with Crippen LogP contribution in [0.25, 0.3) is 0 Å². The van der Waals surface area contributed by atoms with Crippen LogP contribution in [0.3, 0.4) is 0 Å². The minimum absolute atomic E-state index is 0.550. The fraction of sp³-hybridized carbons (Fsp3) is 0.625. The zero-order valence-corrected chi connectivity index (χ0v) is 7.28. The Hall–Kier alpha value is -0.830. The van der Waals surface area contributed by atoms with Gasteiger partial charge in [-0.15, -0.1) is 0 Å². The summed E-state index contributed by atoms with van der Waals surface area (Å²) in [4.78, 5) is 6.52. The highest BCUT2D eigenvalue weighted by atomic mass is 14.9. The van der Waals surface area contributed by atoms with Crippen molar-refractivity contribution in [3.05, 3.63) is 17.7 Å². The molecule has 3 nitrogen and oxygen atoms in total. The lowest BCUT2D eigenvalue weighted by Crippen LogP contribution is -2.51. The van der Waals surface area contributed by atoms with Gasteiger partial charge >= 0.3 is 0 Å². The van der Waals surface area contributed by atoms with Crippen LogP contribution in [0.15, 0.2) is 6.20 Å². The van der Waals surface area contributed by atoms with Crippen molar-refractivity contribution in [3.8, 4) is 0 Å². The summed E-state index contributed by atoms with van der Waals surface area (Å²) in [5.74, 6) is 1.75. The van der Waals surface area contributed by atoms with Gasteiger partial charge in [0.05, 0.1) is 18.9 Å². The van der Waals surface area contributed by atoms with E-state index in [1.807, 2.05) is 6.20 Å². The van der Waals surface area contributed by atoms with Crippen molar-refractivity contribution in [1.29, 1.82) is 0 Å². The summed E-state index contributed by atoms with van der Waals surface area (Å²) in [6.45, 7) is 5.28. The topological polar surface area (TPSA) is 57.6 Å². The average Bonchev–Trinajstić information content (AvgIpc) is 2.37. The standard InChI is InChI=1S/C8H15N3/c1-6(2)8-10-5-7(11-8)3-4-9/h5-6H,3-4,9H2,1-2H3,(H,10,11)/p+2. The molecule has 0 aliphatic heterocycles. The summed E-state index contributed by atoms with van der Waals surface area (Å²) in [5.41, 5.74) is 5.05. The lowest BCUT2D eigenvalue weighted by Gasteiger charge is -1.90. The molecule has 1 rings (SSSR count). The van der Waals surface area contributed by atoms with Crippen LogP contribution in [-0.4, -0.2) is 11.5 Å². The molecule has 0 spiro atoms. The van der Waals surface area contributed by atoms with Crippen molar-refractivity contribution in [2.24, 2.45) is 0 Å². The monoisotopic (exact) mass is 155 g/mol. The molecule has 3 heteroatoms. The first-order valence-electron chi connectivity index (χ1n) is 4.12. The van der Waals surface area contributed by atoms with Crippen molar-refractivity contribution >= 4 is 0 Å². The summed E-state index contributed by atoms with van der Waals surface area (Å²) in [5, 5.41) is 0. The molecule has 0 bridgehead atoms. The Kier molecular flexibility index (Phi) is 2.65. The van der Waals surface area contributed by atoms with Crippen molar-refractivity contribution in [2.75, 3.05) is 6.54 Å². The zero-order chi connectivity index (χ0) is 8.27. The number of quaternary nitrogens is 1. The van der Waals surface area contributed by atoms with Gasteiger partial charge in [-0.25, -0.2) is 9.97 Å². The molecule has 1 aromatic heterocycles. The van der Waals surface area contributed by atoms with Crippen LogP contribution < -0.4 is 10.7 Å². The predicted octanol–water partition coefficient (Wildman–Crippen LogP) is -0.263. The van der Waals surface area contributed by atoms with Crippen molar-refractivity contribution in [2.45, 2.75) is 26.2 Å². The number of nitrogens with one attached hydrogen (secondary N) is 2. The second-order valence-corrected chi connectivity index (χ2v) is 3.11. The molecule has 0 saturated heterocycles. The van der Waals surface area contributed by atoms with Gasteiger partial charge in [0, 0.05) is 0 Å². The van der Waals surface area contributed by atoms with E-state index in [1.54, 1.807) is 0 Å². The summed E-state index contributed by atoms with van der Waals surface area (Å²) >= 11 is 0. The van der Waals surface area contributed by atoms with E-state index < -0.39 is 0 Å². The molecule has 0 radical (unpaired) electrons. The minimum atomic E-state index is 0.550. The molecule has 0 saturated carbocycles. The molecule has 0 atom stereocenters. The number of aromatic nitrogens is 2. The van der Waals surface area contributed by atoms with Gasteiger partial charge in [0.1, 0.15) is 11.9 Å². The van der Waals surface area contributed by atoms with E-state index in [0.717, 1.165) is 13.0 Å². The molecule has 0 unspecified atom stereocenters. The highest BCUT2D eigenvalue weighted by molar-refractivity contribution is 4.96. The minimum Gasteiger partial charge on any atom is -0.357 e. The van der Waals surface area contributed by atoms with E-state index in [1.165, 1.54) is 11.5 Å². The molecule has 0 aromatic carbocycles. The van der Waals surface area contributed by atoms with Gasteiger partial charge in [-0.2, -0.15) is 0 Å². The molecule has 1 aromatic rings. The second kappa shape index (κ2) is 3.53. The van der Waals surface area contributed by atoms with E-state index in [0.29, 0.717) is 5.92 Å². The third kappa shape index (κ3) is 2.05. The van der Waals surface area contributed by atoms with E-state index in [-0.39, 0.29) is 0 Å². The maximum Gasteiger partial charge on any atom is 0.254 e. The maximum absolute atomic E-state index is 3.80. The molecular weight excluding hydrogens is 138 g/mol. The fourth-order valence-corrected chi connectivity index (χ4v) is 1.05. The number of hydrogen-bond acceptors (Lipinski definition) is 0. The maximum atomic E-state index is 3.80. The summed E-state index contributed by atoms with van der Waals surface area (Å²) in [6.07, 6.45) is 3.06. The summed E-state index contributed by atoms with van der Waals surface area (Å²) < 4.78 is 0. The Balaban J connectivity index is 2.66. The van der Waals surface area contributed by atoms with Crippen LogP contribution in [0.5, 0.6) is 0 Å². The van der Waals surface area contributed by atoms with E-state index in [2.05, 4.69) is 29.5 Å². The Morgan fingerprint density at radius 3 is 2.82 bits per heavy atom. The highest BCUT2D eigenvalue weighted by Gasteiger charge is 2.10. The Morgan fingerprint density at radius 2 is 2.36 bits per heavy atom. The van der Waals surface area contributed by atoms with E-state index in [4.69, 9.17) is 0 Å². The lowest BCUT2D eigenvalue weighted by molar-refractivity contribution is -0.391. The molecule has 0 amide bonds. The van der Waals surface area contributed by atoms with Crippen LogP contribution in [0.2, 0.25) is 0 Å². The van der Waals surface area contributed by atoms with Crippen LogP contribution in [0.4, 0.5) is 0 Å². The van der Waals surface area contributed by atoms with Crippen molar-refractivity contribution in [1.82, 2.24) is 4.98 Å².